The van der Waals surface area contributed by atoms with Crippen LogP contribution in [-0.2, 0) is 11.3 Å². The zero-order valence-electron chi connectivity index (χ0n) is 13.0. The van der Waals surface area contributed by atoms with Gasteiger partial charge in [-0.2, -0.15) is 0 Å². The third-order valence-corrected chi connectivity index (χ3v) is 3.44. The van der Waals surface area contributed by atoms with E-state index in [1.807, 2.05) is 6.07 Å². The van der Waals surface area contributed by atoms with Crippen LogP contribution in [0.15, 0.2) is 29.3 Å². The van der Waals surface area contributed by atoms with Gasteiger partial charge in [-0.1, -0.05) is 18.2 Å². The highest BCUT2D eigenvalue weighted by atomic mass is 127. The van der Waals surface area contributed by atoms with Crippen molar-refractivity contribution in [2.24, 2.45) is 10.9 Å². The van der Waals surface area contributed by atoms with Crippen molar-refractivity contribution in [2.45, 2.75) is 25.8 Å². The van der Waals surface area contributed by atoms with E-state index >= 15 is 0 Å². The van der Waals surface area contributed by atoms with Gasteiger partial charge in [0.15, 0.2) is 5.96 Å². The lowest BCUT2D eigenvalue weighted by atomic mass is 10.2. The molecular formula is C16H25FIN3O. The normalized spacial score (nSPS) is 14.4. The van der Waals surface area contributed by atoms with E-state index in [0.717, 1.165) is 32.1 Å². The molecule has 0 aromatic heterocycles. The van der Waals surface area contributed by atoms with Gasteiger partial charge in [0.2, 0.25) is 0 Å². The van der Waals surface area contributed by atoms with Crippen molar-refractivity contribution in [3.63, 3.8) is 0 Å². The number of halogens is 2. The molecule has 0 spiro atoms. The van der Waals surface area contributed by atoms with E-state index in [1.165, 1.54) is 18.9 Å². The topological polar surface area (TPSA) is 45.7 Å². The number of guanidine groups is 1. The smallest absolute Gasteiger partial charge is 0.191 e. The van der Waals surface area contributed by atoms with Crippen molar-refractivity contribution in [1.29, 1.82) is 0 Å². The number of nitrogens with zero attached hydrogens (tertiary/aromatic N) is 1. The van der Waals surface area contributed by atoms with Crippen molar-refractivity contribution in [1.82, 2.24) is 10.6 Å². The molecule has 0 atom stereocenters. The van der Waals surface area contributed by atoms with Gasteiger partial charge in [0.1, 0.15) is 5.82 Å². The molecule has 0 heterocycles. The van der Waals surface area contributed by atoms with Gasteiger partial charge >= 0.3 is 0 Å². The van der Waals surface area contributed by atoms with Crippen LogP contribution in [0.2, 0.25) is 0 Å². The summed E-state index contributed by atoms with van der Waals surface area (Å²) < 4.78 is 19.1. The third-order valence-electron chi connectivity index (χ3n) is 3.44. The summed E-state index contributed by atoms with van der Waals surface area (Å²) >= 11 is 0. The van der Waals surface area contributed by atoms with Crippen LogP contribution >= 0.6 is 24.0 Å². The Morgan fingerprint density at radius 3 is 2.77 bits per heavy atom. The Labute approximate surface area is 148 Å². The van der Waals surface area contributed by atoms with Crippen molar-refractivity contribution in [3.05, 3.63) is 35.6 Å². The van der Waals surface area contributed by atoms with E-state index in [-0.39, 0.29) is 29.8 Å². The van der Waals surface area contributed by atoms with Crippen LogP contribution in [0.1, 0.15) is 24.8 Å². The summed E-state index contributed by atoms with van der Waals surface area (Å²) in [6.45, 7) is 2.89. The van der Waals surface area contributed by atoms with Gasteiger partial charge in [0.25, 0.3) is 0 Å². The number of hydrogen-bond donors (Lipinski definition) is 2. The average Bonchev–Trinajstić information content (AvgIpc) is 3.31. The Morgan fingerprint density at radius 1 is 1.32 bits per heavy atom. The molecule has 0 radical (unpaired) electrons. The number of hydrogen-bond acceptors (Lipinski definition) is 2. The summed E-state index contributed by atoms with van der Waals surface area (Å²) in [6, 6.07) is 6.74. The zero-order chi connectivity index (χ0) is 14.9. The van der Waals surface area contributed by atoms with Crippen LogP contribution in [0.5, 0.6) is 0 Å². The standard InChI is InChI=1S/C16H24FN3O.HI/c1-18-16(19-9-4-10-21-12-13-7-8-13)20-11-14-5-2-3-6-15(14)17;/h2-3,5-6,13H,4,7-12H2,1H3,(H2,18,19,20);1H. The van der Waals surface area contributed by atoms with E-state index in [1.54, 1.807) is 19.2 Å². The monoisotopic (exact) mass is 421 g/mol. The first kappa shape index (κ1) is 19.2. The molecule has 4 nitrogen and oxygen atoms in total. The summed E-state index contributed by atoms with van der Waals surface area (Å²) in [5.41, 5.74) is 0.633. The summed E-state index contributed by atoms with van der Waals surface area (Å²) in [6.07, 6.45) is 3.59. The lowest BCUT2D eigenvalue weighted by Crippen LogP contribution is -2.37. The lowest BCUT2D eigenvalue weighted by molar-refractivity contribution is 0.123. The maximum atomic E-state index is 13.5. The van der Waals surface area contributed by atoms with Gasteiger partial charge in [-0.25, -0.2) is 4.39 Å². The molecule has 0 saturated heterocycles. The Kier molecular flexibility index (Phi) is 9.38. The van der Waals surface area contributed by atoms with Gasteiger partial charge < -0.3 is 15.4 Å². The second-order valence-corrected chi connectivity index (χ2v) is 5.32. The maximum absolute atomic E-state index is 13.5. The second kappa shape index (κ2) is 10.8. The van der Waals surface area contributed by atoms with E-state index in [2.05, 4.69) is 15.6 Å². The molecule has 124 valence electrons. The SMILES string of the molecule is CN=C(NCCCOCC1CC1)NCc1ccccc1F.I. The summed E-state index contributed by atoms with van der Waals surface area (Å²) in [4.78, 5) is 4.12. The first-order chi connectivity index (χ1) is 10.3. The fourth-order valence-electron chi connectivity index (χ4n) is 1.96. The summed E-state index contributed by atoms with van der Waals surface area (Å²) in [5.74, 6) is 1.29. The van der Waals surface area contributed by atoms with E-state index < -0.39 is 0 Å². The first-order valence-corrected chi connectivity index (χ1v) is 7.55. The maximum Gasteiger partial charge on any atom is 0.191 e. The Bertz CT molecular complexity index is 466. The quantitative estimate of drug-likeness (QED) is 0.294. The minimum Gasteiger partial charge on any atom is -0.381 e. The minimum atomic E-state index is -0.200. The molecule has 1 aliphatic carbocycles. The largest absolute Gasteiger partial charge is 0.381 e. The van der Waals surface area contributed by atoms with Gasteiger partial charge in [0, 0.05) is 38.9 Å². The molecule has 0 bridgehead atoms. The molecule has 1 aliphatic rings. The second-order valence-electron chi connectivity index (χ2n) is 5.32. The molecule has 2 N–H and O–H groups in total. The first-order valence-electron chi connectivity index (χ1n) is 7.55. The molecule has 0 aliphatic heterocycles. The van der Waals surface area contributed by atoms with Gasteiger partial charge in [-0.15, -0.1) is 24.0 Å². The van der Waals surface area contributed by atoms with Crippen LogP contribution in [0.4, 0.5) is 4.39 Å². The van der Waals surface area contributed by atoms with Crippen molar-refractivity contribution >= 4 is 29.9 Å². The van der Waals surface area contributed by atoms with E-state index in [0.29, 0.717) is 18.1 Å². The predicted octanol–water partition coefficient (Wildman–Crippen LogP) is 2.93. The van der Waals surface area contributed by atoms with Crippen LogP contribution in [0.25, 0.3) is 0 Å². The summed E-state index contributed by atoms with van der Waals surface area (Å²) in [5, 5.41) is 6.30. The van der Waals surface area contributed by atoms with Gasteiger partial charge in [-0.05, 0) is 31.2 Å². The molecule has 0 unspecified atom stereocenters. The molecule has 1 fully saturated rings. The Morgan fingerprint density at radius 2 is 2.09 bits per heavy atom. The molecule has 2 rings (SSSR count). The Balaban J connectivity index is 0.00000242. The Hall–Kier alpha value is -0.890. The van der Waals surface area contributed by atoms with Crippen LogP contribution in [-0.4, -0.2) is 32.8 Å². The minimum absolute atomic E-state index is 0. The number of ether oxygens (including phenoxy) is 1. The molecule has 1 aromatic carbocycles. The molecule has 0 amide bonds. The fraction of sp³-hybridized carbons (Fsp3) is 0.562. The number of aliphatic imine (C=N–C) groups is 1. The number of rotatable bonds is 8. The average molecular weight is 421 g/mol. The number of benzene rings is 1. The van der Waals surface area contributed by atoms with Crippen LogP contribution in [0.3, 0.4) is 0 Å². The predicted molar refractivity (Wildman–Crippen MR) is 98.2 cm³/mol. The van der Waals surface area contributed by atoms with E-state index in [4.69, 9.17) is 4.74 Å². The highest BCUT2D eigenvalue weighted by Crippen LogP contribution is 2.28. The molecule has 1 aromatic rings. The van der Waals surface area contributed by atoms with Gasteiger partial charge in [0.05, 0.1) is 0 Å². The number of nitrogens with one attached hydrogen (secondary N) is 2. The van der Waals surface area contributed by atoms with Crippen molar-refractivity contribution < 1.29 is 9.13 Å². The third kappa shape index (κ3) is 7.40. The van der Waals surface area contributed by atoms with Gasteiger partial charge in [-0.3, -0.25) is 4.99 Å². The lowest BCUT2D eigenvalue weighted by Gasteiger charge is -2.12. The molecule has 6 heteroatoms. The highest BCUT2D eigenvalue weighted by Gasteiger charge is 2.20. The van der Waals surface area contributed by atoms with Crippen LogP contribution < -0.4 is 10.6 Å². The van der Waals surface area contributed by atoms with Crippen molar-refractivity contribution in [3.8, 4) is 0 Å². The fourth-order valence-corrected chi connectivity index (χ4v) is 1.96. The van der Waals surface area contributed by atoms with E-state index in [9.17, 15) is 4.39 Å². The van der Waals surface area contributed by atoms with Crippen molar-refractivity contribution in [2.75, 3.05) is 26.8 Å². The molecular weight excluding hydrogens is 396 g/mol. The highest BCUT2D eigenvalue weighted by molar-refractivity contribution is 14.0. The molecule has 22 heavy (non-hydrogen) atoms. The molecule has 1 saturated carbocycles. The zero-order valence-corrected chi connectivity index (χ0v) is 15.3. The van der Waals surface area contributed by atoms with Crippen LogP contribution in [0, 0.1) is 11.7 Å². The summed E-state index contributed by atoms with van der Waals surface area (Å²) in [7, 11) is 1.71.